The maximum absolute atomic E-state index is 5.41. The Morgan fingerprint density at radius 2 is 1.00 bits per heavy atom. The van der Waals surface area contributed by atoms with Crippen molar-refractivity contribution in [3.8, 4) is 44.9 Å². The van der Waals surface area contributed by atoms with Crippen LogP contribution in [0.25, 0.3) is 77.3 Å². The quantitative estimate of drug-likeness (QED) is 0.192. The van der Waals surface area contributed by atoms with Crippen molar-refractivity contribution in [1.29, 1.82) is 0 Å². The topological polar surface area (TPSA) is 25.8 Å². The van der Waals surface area contributed by atoms with E-state index in [0.29, 0.717) is 0 Å². The molecule has 0 amide bonds. The second kappa shape index (κ2) is 9.82. The lowest BCUT2D eigenvalue weighted by molar-refractivity contribution is 0.802. The van der Waals surface area contributed by atoms with Crippen LogP contribution in [0, 0.1) is 0 Å². The van der Waals surface area contributed by atoms with Gasteiger partial charge in [-0.3, -0.25) is 0 Å². The third-order valence-electron chi connectivity index (χ3n) is 10.9. The lowest BCUT2D eigenvalue weighted by atomic mass is 9.69. The molecular formula is C47H28N2. The summed E-state index contributed by atoms with van der Waals surface area (Å²) in [6.45, 7) is 0. The van der Waals surface area contributed by atoms with Crippen LogP contribution >= 0.6 is 0 Å². The summed E-state index contributed by atoms with van der Waals surface area (Å²) in [6, 6.07) is 61.8. The first kappa shape index (κ1) is 26.7. The van der Waals surface area contributed by atoms with Gasteiger partial charge in [0.1, 0.15) is 0 Å². The zero-order chi connectivity index (χ0) is 32.1. The Kier molecular flexibility index (Phi) is 5.34. The predicted octanol–water partition coefficient (Wildman–Crippen LogP) is 11.6. The van der Waals surface area contributed by atoms with Crippen molar-refractivity contribution in [1.82, 2.24) is 9.97 Å². The average Bonchev–Trinajstić information content (AvgIpc) is 3.65. The van der Waals surface area contributed by atoms with Crippen LogP contribution in [-0.4, -0.2) is 9.97 Å². The van der Waals surface area contributed by atoms with Crippen molar-refractivity contribution in [3.05, 3.63) is 192 Å². The van der Waals surface area contributed by atoms with Gasteiger partial charge < -0.3 is 0 Å². The first-order chi connectivity index (χ1) is 24.3. The Bertz CT molecular complexity index is 2790. The maximum atomic E-state index is 5.41. The highest BCUT2D eigenvalue weighted by molar-refractivity contribution is 6.14. The van der Waals surface area contributed by atoms with Gasteiger partial charge in [0.15, 0.2) is 5.82 Å². The van der Waals surface area contributed by atoms with Crippen molar-refractivity contribution in [2.75, 3.05) is 0 Å². The molecule has 1 heterocycles. The van der Waals surface area contributed by atoms with Crippen LogP contribution in [-0.2, 0) is 5.41 Å². The van der Waals surface area contributed by atoms with Crippen molar-refractivity contribution >= 4 is 32.4 Å². The highest BCUT2D eigenvalue weighted by atomic mass is 14.9. The van der Waals surface area contributed by atoms with Gasteiger partial charge in [-0.25, -0.2) is 9.97 Å². The van der Waals surface area contributed by atoms with E-state index >= 15 is 0 Å². The molecule has 0 N–H and O–H groups in total. The molecule has 0 saturated carbocycles. The third-order valence-corrected chi connectivity index (χ3v) is 10.9. The first-order valence-electron chi connectivity index (χ1n) is 16.9. The molecule has 11 rings (SSSR count). The molecule has 2 aliphatic carbocycles. The number of hydrogen-bond acceptors (Lipinski definition) is 2. The summed E-state index contributed by atoms with van der Waals surface area (Å²) in [4.78, 5) is 10.7. The van der Waals surface area contributed by atoms with Crippen LogP contribution in [0.1, 0.15) is 22.3 Å². The normalized spacial score (nSPS) is 13.5. The molecule has 2 heteroatoms. The molecule has 0 unspecified atom stereocenters. The van der Waals surface area contributed by atoms with Crippen molar-refractivity contribution < 1.29 is 0 Å². The van der Waals surface area contributed by atoms with E-state index in [1.54, 1.807) is 0 Å². The first-order valence-corrected chi connectivity index (χ1v) is 16.9. The van der Waals surface area contributed by atoms with Crippen LogP contribution in [0.3, 0.4) is 0 Å². The van der Waals surface area contributed by atoms with Crippen molar-refractivity contribution in [2.45, 2.75) is 5.41 Å². The van der Waals surface area contributed by atoms with Crippen LogP contribution in [0.2, 0.25) is 0 Å². The molecular weight excluding hydrogens is 593 g/mol. The molecule has 9 aromatic rings. The summed E-state index contributed by atoms with van der Waals surface area (Å²) in [5.74, 6) is 0.743. The van der Waals surface area contributed by atoms with E-state index in [1.807, 2.05) is 0 Å². The third kappa shape index (κ3) is 3.45. The predicted molar refractivity (Wildman–Crippen MR) is 202 cm³/mol. The number of aromatic nitrogens is 2. The van der Waals surface area contributed by atoms with Gasteiger partial charge in [0, 0.05) is 16.5 Å². The second-order valence-corrected chi connectivity index (χ2v) is 13.2. The number of hydrogen-bond donors (Lipinski definition) is 0. The molecule has 0 fully saturated rings. The van der Waals surface area contributed by atoms with Gasteiger partial charge in [0.05, 0.1) is 16.6 Å². The zero-order valence-corrected chi connectivity index (χ0v) is 26.6. The Balaban J connectivity index is 1.33. The average molecular weight is 621 g/mol. The van der Waals surface area contributed by atoms with Crippen LogP contribution in [0.5, 0.6) is 0 Å². The van der Waals surface area contributed by atoms with E-state index in [1.165, 1.54) is 60.7 Å². The van der Waals surface area contributed by atoms with E-state index in [0.717, 1.165) is 38.9 Å². The molecule has 0 atom stereocenters. The molecule has 2 nitrogen and oxygen atoms in total. The molecule has 0 saturated heterocycles. The highest BCUT2D eigenvalue weighted by Crippen LogP contribution is 2.65. The summed E-state index contributed by atoms with van der Waals surface area (Å²) in [7, 11) is 0. The number of para-hydroxylation sites is 1. The molecule has 226 valence electrons. The minimum Gasteiger partial charge on any atom is -0.228 e. The van der Waals surface area contributed by atoms with E-state index in [9.17, 15) is 0 Å². The highest BCUT2D eigenvalue weighted by Gasteiger charge is 2.53. The largest absolute Gasteiger partial charge is 0.228 e. The lowest BCUT2D eigenvalue weighted by Crippen LogP contribution is -2.26. The SMILES string of the molecule is c1ccc(-c2nc(-c3cc4c(c5ccccc35)-c3ccc5ccccc5c3C43c4ccccc4-c4ccccc43)nc3ccccc23)cc1. The van der Waals surface area contributed by atoms with Crippen molar-refractivity contribution in [2.24, 2.45) is 0 Å². The standard InChI is InChI=1S/C47H28N2/c1-2-15-30(16-3-1)45-36-22-10-13-25-42(36)48-46(49-45)38-28-41-43(35-21-7-6-18-32(35)38)37-27-26-29-14-4-5-17-31(29)44(37)47(41)39-23-11-8-19-33(39)34-20-9-12-24-40(34)47/h1-28H. The fraction of sp³-hybridized carbons (Fsp3) is 0.0213. The Morgan fingerprint density at radius 3 is 1.78 bits per heavy atom. The van der Waals surface area contributed by atoms with Gasteiger partial charge in [0.2, 0.25) is 0 Å². The van der Waals surface area contributed by atoms with Gasteiger partial charge in [-0.15, -0.1) is 0 Å². The van der Waals surface area contributed by atoms with E-state index in [-0.39, 0.29) is 0 Å². The number of benzene rings is 8. The van der Waals surface area contributed by atoms with Crippen LogP contribution in [0.15, 0.2) is 170 Å². The van der Waals surface area contributed by atoms with Gasteiger partial charge in [-0.2, -0.15) is 0 Å². The molecule has 0 aliphatic heterocycles. The minimum atomic E-state index is -0.503. The van der Waals surface area contributed by atoms with Gasteiger partial charge in [0.25, 0.3) is 0 Å². The van der Waals surface area contributed by atoms with Gasteiger partial charge in [-0.1, -0.05) is 158 Å². The van der Waals surface area contributed by atoms with E-state index < -0.39 is 5.41 Å². The number of rotatable bonds is 2. The summed E-state index contributed by atoms with van der Waals surface area (Å²) in [5.41, 5.74) is 14.0. The van der Waals surface area contributed by atoms with E-state index in [2.05, 4.69) is 170 Å². The van der Waals surface area contributed by atoms with Crippen LogP contribution in [0.4, 0.5) is 0 Å². The maximum Gasteiger partial charge on any atom is 0.161 e. The summed E-state index contributed by atoms with van der Waals surface area (Å²) in [5, 5.41) is 5.98. The van der Waals surface area contributed by atoms with Gasteiger partial charge in [-0.05, 0) is 78.2 Å². The smallest absolute Gasteiger partial charge is 0.161 e. The summed E-state index contributed by atoms with van der Waals surface area (Å²) >= 11 is 0. The molecule has 2 aliphatic rings. The molecule has 1 aromatic heterocycles. The number of fused-ring (bicyclic) bond motifs is 15. The van der Waals surface area contributed by atoms with Crippen LogP contribution < -0.4 is 0 Å². The van der Waals surface area contributed by atoms with Crippen molar-refractivity contribution in [3.63, 3.8) is 0 Å². The lowest BCUT2D eigenvalue weighted by Gasteiger charge is -2.32. The zero-order valence-electron chi connectivity index (χ0n) is 26.6. The summed E-state index contributed by atoms with van der Waals surface area (Å²) in [6.07, 6.45) is 0. The molecule has 1 spiro atoms. The number of nitrogens with zero attached hydrogens (tertiary/aromatic N) is 2. The monoisotopic (exact) mass is 620 g/mol. The molecule has 49 heavy (non-hydrogen) atoms. The molecule has 0 bridgehead atoms. The second-order valence-electron chi connectivity index (χ2n) is 13.2. The molecule has 8 aromatic carbocycles. The minimum absolute atomic E-state index is 0.503. The Labute approximate surface area is 284 Å². The fourth-order valence-corrected chi connectivity index (χ4v) is 8.97. The van der Waals surface area contributed by atoms with E-state index in [4.69, 9.17) is 9.97 Å². The fourth-order valence-electron chi connectivity index (χ4n) is 8.97. The van der Waals surface area contributed by atoms with Gasteiger partial charge >= 0.3 is 0 Å². The Morgan fingerprint density at radius 1 is 0.388 bits per heavy atom. The Hall–Kier alpha value is -6.38. The summed E-state index contributed by atoms with van der Waals surface area (Å²) < 4.78 is 0. The molecule has 0 radical (unpaired) electrons.